The van der Waals surface area contributed by atoms with Crippen LogP contribution in [0.25, 0.3) is 0 Å². The number of esters is 1. The third kappa shape index (κ3) is 4.40. The molecule has 1 aliphatic heterocycles. The van der Waals surface area contributed by atoms with Crippen LogP contribution in [0.5, 0.6) is 0 Å². The van der Waals surface area contributed by atoms with Crippen LogP contribution >= 0.6 is 23.5 Å². The molecule has 2 rings (SSSR count). The Bertz CT molecular complexity index is 252. The minimum Gasteiger partial charge on any atom is -0.466 e. The normalized spacial score (nSPS) is 30.4. The van der Waals surface area contributed by atoms with Gasteiger partial charge in [-0.25, -0.2) is 0 Å². The molecule has 17 heavy (non-hydrogen) atoms. The zero-order chi connectivity index (χ0) is 12.1. The molecule has 0 aromatic heterocycles. The van der Waals surface area contributed by atoms with Gasteiger partial charge in [0.15, 0.2) is 0 Å². The maximum absolute atomic E-state index is 10.9. The summed E-state index contributed by atoms with van der Waals surface area (Å²) in [5, 5.41) is 0. The van der Waals surface area contributed by atoms with E-state index in [1.807, 2.05) is 0 Å². The Hall–Kier alpha value is 0.170. The van der Waals surface area contributed by atoms with Gasteiger partial charge in [0.1, 0.15) is 0 Å². The molecule has 2 aliphatic rings. The quantitative estimate of drug-likeness (QED) is 0.732. The summed E-state index contributed by atoms with van der Waals surface area (Å²) >= 11 is 4.24. The summed E-state index contributed by atoms with van der Waals surface area (Å²) in [6.45, 7) is 2.17. The molecule has 98 valence electrons. The van der Waals surface area contributed by atoms with Crippen LogP contribution in [0.3, 0.4) is 0 Å². The summed E-state index contributed by atoms with van der Waals surface area (Å²) in [6.07, 6.45) is 6.58. The lowest BCUT2D eigenvalue weighted by Gasteiger charge is -2.32. The lowest BCUT2D eigenvalue weighted by Crippen LogP contribution is -2.26. The zero-order valence-corrected chi connectivity index (χ0v) is 12.2. The minimum absolute atomic E-state index is 0.126. The molecule has 0 unspecified atom stereocenters. The van der Waals surface area contributed by atoms with E-state index in [1.54, 1.807) is 0 Å². The second kappa shape index (κ2) is 6.93. The van der Waals surface area contributed by atoms with E-state index in [9.17, 15) is 4.79 Å². The molecule has 0 radical (unpaired) electrons. The van der Waals surface area contributed by atoms with Crippen LogP contribution in [0.1, 0.15) is 39.0 Å². The first-order valence-corrected chi connectivity index (χ1v) is 8.72. The second-order valence-corrected chi connectivity index (χ2v) is 7.93. The number of hydrogen-bond acceptors (Lipinski definition) is 4. The third-order valence-corrected chi connectivity index (χ3v) is 6.84. The smallest absolute Gasteiger partial charge is 0.302 e. The molecule has 0 spiro atoms. The first-order valence-electron chi connectivity index (χ1n) is 6.62. The summed E-state index contributed by atoms with van der Waals surface area (Å²) in [5.41, 5.74) is 0. The molecule has 2 atom stereocenters. The maximum atomic E-state index is 10.9. The molecule has 1 saturated heterocycles. The molecule has 1 saturated carbocycles. The van der Waals surface area contributed by atoms with Crippen molar-refractivity contribution in [1.29, 1.82) is 0 Å². The van der Waals surface area contributed by atoms with Crippen LogP contribution in [0.15, 0.2) is 0 Å². The highest BCUT2D eigenvalue weighted by Crippen LogP contribution is 2.41. The first-order chi connectivity index (χ1) is 8.25. The summed E-state index contributed by atoms with van der Waals surface area (Å²) in [5.74, 6) is 3.91. The van der Waals surface area contributed by atoms with Crippen LogP contribution < -0.4 is 0 Å². The van der Waals surface area contributed by atoms with Crippen molar-refractivity contribution in [2.45, 2.75) is 43.6 Å². The SMILES string of the molecule is CC(=O)OC[C@@H]1CCCC[C@@H]1CC1SCCS1. The Labute approximate surface area is 113 Å². The topological polar surface area (TPSA) is 26.3 Å². The average Bonchev–Trinajstić information content (AvgIpc) is 2.80. The van der Waals surface area contributed by atoms with Crippen molar-refractivity contribution in [3.8, 4) is 0 Å². The fourth-order valence-electron chi connectivity index (χ4n) is 2.83. The molecular weight excluding hydrogens is 252 g/mol. The number of rotatable bonds is 4. The van der Waals surface area contributed by atoms with Gasteiger partial charge in [-0.3, -0.25) is 4.79 Å². The van der Waals surface area contributed by atoms with E-state index >= 15 is 0 Å². The van der Waals surface area contributed by atoms with Gasteiger partial charge in [-0.1, -0.05) is 12.8 Å². The molecule has 1 heterocycles. The van der Waals surface area contributed by atoms with E-state index in [1.165, 1.54) is 50.5 Å². The van der Waals surface area contributed by atoms with Crippen LogP contribution in [0.2, 0.25) is 0 Å². The molecule has 0 amide bonds. The second-order valence-electron chi connectivity index (χ2n) is 5.01. The Morgan fingerprint density at radius 3 is 2.47 bits per heavy atom. The van der Waals surface area contributed by atoms with Gasteiger partial charge in [0, 0.05) is 18.4 Å². The standard InChI is InChI=1S/C13H22O2S2/c1-10(14)15-9-12-5-3-2-4-11(12)8-13-16-6-7-17-13/h11-13H,2-9H2,1H3/t11-,12+/m1/s1. The largest absolute Gasteiger partial charge is 0.466 e. The Morgan fingerprint density at radius 2 is 1.82 bits per heavy atom. The summed E-state index contributed by atoms with van der Waals surface area (Å²) in [4.78, 5) is 10.9. The number of carbonyl (C=O) groups excluding carboxylic acids is 1. The van der Waals surface area contributed by atoms with E-state index in [0.29, 0.717) is 12.5 Å². The Balaban J connectivity index is 1.80. The summed E-state index contributed by atoms with van der Waals surface area (Å²) < 4.78 is 6.03. The van der Waals surface area contributed by atoms with Crippen LogP contribution in [-0.2, 0) is 9.53 Å². The van der Waals surface area contributed by atoms with Gasteiger partial charge in [0.2, 0.25) is 0 Å². The van der Waals surface area contributed by atoms with Crippen molar-refractivity contribution >= 4 is 29.5 Å². The fourth-order valence-corrected chi connectivity index (χ4v) is 5.85. The first kappa shape index (κ1) is 13.6. The van der Waals surface area contributed by atoms with Gasteiger partial charge < -0.3 is 4.74 Å². The highest BCUT2D eigenvalue weighted by molar-refractivity contribution is 8.20. The van der Waals surface area contributed by atoms with E-state index in [2.05, 4.69) is 23.5 Å². The molecular formula is C13H22O2S2. The van der Waals surface area contributed by atoms with Gasteiger partial charge in [0.05, 0.1) is 11.2 Å². The van der Waals surface area contributed by atoms with Crippen molar-refractivity contribution in [3.05, 3.63) is 0 Å². The molecule has 1 aliphatic carbocycles. The molecule has 0 aromatic rings. The third-order valence-electron chi connectivity index (χ3n) is 3.75. The maximum Gasteiger partial charge on any atom is 0.302 e. The summed E-state index contributed by atoms with van der Waals surface area (Å²) in [6, 6.07) is 0. The highest BCUT2D eigenvalue weighted by Gasteiger charge is 2.29. The minimum atomic E-state index is -0.126. The van der Waals surface area contributed by atoms with Crippen molar-refractivity contribution in [2.24, 2.45) is 11.8 Å². The van der Waals surface area contributed by atoms with Crippen LogP contribution in [-0.4, -0.2) is 28.7 Å². The van der Waals surface area contributed by atoms with Gasteiger partial charge in [-0.2, -0.15) is 0 Å². The van der Waals surface area contributed by atoms with E-state index in [4.69, 9.17) is 4.74 Å². The Morgan fingerprint density at radius 1 is 1.18 bits per heavy atom. The number of carbonyl (C=O) groups is 1. The van der Waals surface area contributed by atoms with Crippen molar-refractivity contribution in [1.82, 2.24) is 0 Å². The zero-order valence-electron chi connectivity index (χ0n) is 10.5. The molecule has 0 bridgehead atoms. The van der Waals surface area contributed by atoms with Gasteiger partial charge in [0.25, 0.3) is 0 Å². The number of thioether (sulfide) groups is 2. The lowest BCUT2D eigenvalue weighted by molar-refractivity contribution is -0.143. The van der Waals surface area contributed by atoms with Gasteiger partial charge in [-0.05, 0) is 31.1 Å². The van der Waals surface area contributed by atoms with Gasteiger partial charge >= 0.3 is 5.97 Å². The van der Waals surface area contributed by atoms with Crippen LogP contribution in [0, 0.1) is 11.8 Å². The number of hydrogen-bond donors (Lipinski definition) is 0. The van der Waals surface area contributed by atoms with Gasteiger partial charge in [-0.15, -0.1) is 23.5 Å². The molecule has 2 nitrogen and oxygen atoms in total. The number of ether oxygens (including phenoxy) is 1. The van der Waals surface area contributed by atoms with Crippen molar-refractivity contribution in [3.63, 3.8) is 0 Å². The predicted molar refractivity (Wildman–Crippen MR) is 75.4 cm³/mol. The van der Waals surface area contributed by atoms with Crippen molar-refractivity contribution < 1.29 is 9.53 Å². The molecule has 0 aromatic carbocycles. The van der Waals surface area contributed by atoms with E-state index in [0.717, 1.165) is 10.5 Å². The molecule has 0 N–H and O–H groups in total. The fraction of sp³-hybridized carbons (Fsp3) is 0.923. The van der Waals surface area contributed by atoms with E-state index in [-0.39, 0.29) is 5.97 Å². The Kier molecular flexibility index (Phi) is 5.54. The lowest BCUT2D eigenvalue weighted by atomic mass is 9.78. The highest BCUT2D eigenvalue weighted by atomic mass is 32.2. The average molecular weight is 274 g/mol. The van der Waals surface area contributed by atoms with Crippen LogP contribution in [0.4, 0.5) is 0 Å². The predicted octanol–water partition coefficient (Wildman–Crippen LogP) is 3.55. The summed E-state index contributed by atoms with van der Waals surface area (Å²) in [7, 11) is 0. The molecule has 4 heteroatoms. The van der Waals surface area contributed by atoms with Crippen molar-refractivity contribution in [2.75, 3.05) is 18.1 Å². The monoisotopic (exact) mass is 274 g/mol. The molecule has 2 fully saturated rings. The van der Waals surface area contributed by atoms with E-state index < -0.39 is 0 Å².